The molecule has 30 heavy (non-hydrogen) atoms. The molecule has 1 N–H and O–H groups in total. The molecule has 1 atom stereocenters. The van der Waals surface area contributed by atoms with Crippen molar-refractivity contribution in [3.8, 4) is 16.9 Å². The molecule has 0 fully saturated rings. The van der Waals surface area contributed by atoms with Gasteiger partial charge in [-0.1, -0.05) is 42.5 Å². The minimum Gasteiger partial charge on any atom is -0.491 e. The lowest BCUT2D eigenvalue weighted by Crippen LogP contribution is -2.46. The van der Waals surface area contributed by atoms with Crippen LogP contribution in [0.5, 0.6) is 5.75 Å². The Morgan fingerprint density at radius 3 is 2.13 bits per heavy atom. The zero-order valence-corrected chi connectivity index (χ0v) is 17.3. The molecule has 0 saturated carbocycles. The van der Waals surface area contributed by atoms with Gasteiger partial charge in [0.1, 0.15) is 31.5 Å². The molecule has 3 aromatic carbocycles. The first kappa shape index (κ1) is 21.5. The lowest BCUT2D eigenvalue weighted by Gasteiger charge is -2.31. The highest BCUT2D eigenvalue weighted by Gasteiger charge is 2.22. The fraction of sp³-hybridized carbons (Fsp3) is 0.250. The average Bonchev–Trinajstić information content (AvgIpc) is 2.73. The minimum absolute atomic E-state index is 0.0794. The largest absolute Gasteiger partial charge is 0.491 e. The van der Waals surface area contributed by atoms with E-state index in [1.54, 1.807) is 12.1 Å². The normalized spacial score (nSPS) is 12.4. The number of ether oxygens (including phenoxy) is 1. The molecule has 156 valence electrons. The molecule has 0 aliphatic rings. The van der Waals surface area contributed by atoms with Gasteiger partial charge in [-0.3, -0.25) is 10.1 Å². The molecule has 0 spiro atoms. The first-order valence-electron chi connectivity index (χ1n) is 9.84. The third kappa shape index (κ3) is 6.14. The Balaban J connectivity index is 1.50. The maximum absolute atomic E-state index is 10.8. The zero-order chi connectivity index (χ0) is 21.6. The number of rotatable bonds is 9. The van der Waals surface area contributed by atoms with E-state index < -0.39 is 11.0 Å². The quantitative estimate of drug-likeness (QED) is 0.326. The van der Waals surface area contributed by atoms with Gasteiger partial charge in [-0.2, -0.15) is 0 Å². The van der Waals surface area contributed by atoms with Gasteiger partial charge in [0.15, 0.2) is 0 Å². The van der Waals surface area contributed by atoms with Gasteiger partial charge in [-0.15, -0.1) is 0 Å². The van der Waals surface area contributed by atoms with E-state index >= 15 is 0 Å². The van der Waals surface area contributed by atoms with Crippen molar-refractivity contribution in [2.24, 2.45) is 0 Å². The van der Waals surface area contributed by atoms with Crippen LogP contribution in [-0.2, 0) is 6.54 Å². The summed E-state index contributed by atoms with van der Waals surface area (Å²) in [7, 11) is 4.03. The number of hydrogen-bond acceptors (Lipinski definition) is 4. The van der Waals surface area contributed by atoms with E-state index in [9.17, 15) is 15.2 Å². The second kappa shape index (κ2) is 9.52. The molecule has 0 aliphatic carbocycles. The van der Waals surface area contributed by atoms with E-state index in [4.69, 9.17) is 4.74 Å². The van der Waals surface area contributed by atoms with Crippen molar-refractivity contribution in [1.29, 1.82) is 0 Å². The van der Waals surface area contributed by atoms with Crippen LogP contribution in [0.15, 0.2) is 78.9 Å². The number of benzene rings is 3. The van der Waals surface area contributed by atoms with Crippen LogP contribution in [0.25, 0.3) is 11.1 Å². The Hall–Kier alpha value is -3.22. The fourth-order valence-electron chi connectivity index (χ4n) is 3.47. The highest BCUT2D eigenvalue weighted by atomic mass is 16.6. The van der Waals surface area contributed by atoms with Crippen molar-refractivity contribution in [1.82, 2.24) is 0 Å². The summed E-state index contributed by atoms with van der Waals surface area (Å²) in [5, 5.41) is 21.2. The van der Waals surface area contributed by atoms with Crippen molar-refractivity contribution in [3.05, 3.63) is 94.5 Å². The van der Waals surface area contributed by atoms with E-state index in [0.29, 0.717) is 17.6 Å². The van der Waals surface area contributed by atoms with Gasteiger partial charge in [0.2, 0.25) is 0 Å². The van der Waals surface area contributed by atoms with Gasteiger partial charge in [0, 0.05) is 17.7 Å². The van der Waals surface area contributed by atoms with Crippen LogP contribution in [-0.4, -0.2) is 47.9 Å². The van der Waals surface area contributed by atoms with Gasteiger partial charge in [0.25, 0.3) is 5.69 Å². The molecule has 0 saturated heterocycles. The van der Waals surface area contributed by atoms with Crippen LogP contribution < -0.4 is 4.74 Å². The molecule has 0 radical (unpaired) electrons. The number of nitro groups is 1. The second-order valence-electron chi connectivity index (χ2n) is 8.06. The van der Waals surface area contributed by atoms with Crippen molar-refractivity contribution >= 4 is 5.69 Å². The monoisotopic (exact) mass is 407 g/mol. The van der Waals surface area contributed by atoms with Gasteiger partial charge >= 0.3 is 0 Å². The number of aliphatic hydroxyl groups excluding tert-OH is 1. The molecule has 0 aliphatic heterocycles. The SMILES string of the molecule is C[N+](C)(Cc1ccc([N+](=O)[O-])cc1)CC(O)COc1ccc(-c2ccccc2)cc1. The van der Waals surface area contributed by atoms with Crippen molar-refractivity contribution in [3.63, 3.8) is 0 Å². The third-order valence-corrected chi connectivity index (χ3v) is 4.87. The number of hydrogen-bond donors (Lipinski definition) is 1. The predicted molar refractivity (Wildman–Crippen MR) is 117 cm³/mol. The molecular formula is C24H27N2O4+. The topological polar surface area (TPSA) is 72.6 Å². The standard InChI is InChI=1S/C24H27N2O4/c1-26(2,16-19-8-12-22(13-9-19)25(28)29)17-23(27)18-30-24-14-10-21(11-15-24)20-6-4-3-5-7-20/h3-15,23,27H,16-18H2,1-2H3/q+1. The Labute approximate surface area is 176 Å². The van der Waals surface area contributed by atoms with Crippen LogP contribution in [0, 0.1) is 10.1 Å². The van der Waals surface area contributed by atoms with Gasteiger partial charge in [-0.25, -0.2) is 0 Å². The second-order valence-corrected chi connectivity index (χ2v) is 8.06. The van der Waals surface area contributed by atoms with E-state index in [0.717, 1.165) is 22.4 Å². The maximum atomic E-state index is 10.8. The van der Waals surface area contributed by atoms with Crippen LogP contribution in [0.4, 0.5) is 5.69 Å². The molecule has 0 amide bonds. The molecular weight excluding hydrogens is 380 g/mol. The molecule has 3 aromatic rings. The summed E-state index contributed by atoms with van der Waals surface area (Å²) in [5.74, 6) is 0.717. The average molecular weight is 407 g/mol. The maximum Gasteiger partial charge on any atom is 0.269 e. The van der Waals surface area contributed by atoms with Crippen molar-refractivity contribution in [2.45, 2.75) is 12.6 Å². The molecule has 3 rings (SSSR count). The number of quaternary nitrogens is 1. The first-order valence-corrected chi connectivity index (χ1v) is 9.84. The van der Waals surface area contributed by atoms with E-state index in [1.165, 1.54) is 12.1 Å². The summed E-state index contributed by atoms with van der Waals surface area (Å²) in [6.45, 7) is 1.35. The van der Waals surface area contributed by atoms with E-state index in [1.807, 2.05) is 56.6 Å². The molecule has 0 bridgehead atoms. The highest BCUT2D eigenvalue weighted by molar-refractivity contribution is 5.63. The zero-order valence-electron chi connectivity index (χ0n) is 17.3. The minimum atomic E-state index is -0.633. The first-order chi connectivity index (χ1) is 14.3. The van der Waals surface area contributed by atoms with Crippen LogP contribution >= 0.6 is 0 Å². The number of nitro benzene ring substituents is 1. The number of likely N-dealkylation sites (N-methyl/N-ethyl adjacent to an activating group) is 1. The van der Waals surface area contributed by atoms with Gasteiger partial charge in [0.05, 0.1) is 19.0 Å². The Bertz CT molecular complexity index is 955. The van der Waals surface area contributed by atoms with Crippen molar-refractivity contribution < 1.29 is 19.2 Å². The van der Waals surface area contributed by atoms with E-state index in [2.05, 4.69) is 12.1 Å². The molecule has 1 unspecified atom stereocenters. The summed E-state index contributed by atoms with van der Waals surface area (Å²) in [5.41, 5.74) is 3.32. The summed E-state index contributed by atoms with van der Waals surface area (Å²) in [6.07, 6.45) is -0.633. The van der Waals surface area contributed by atoms with Crippen LogP contribution in [0.2, 0.25) is 0 Å². The molecule has 0 aromatic heterocycles. The van der Waals surface area contributed by atoms with E-state index in [-0.39, 0.29) is 12.3 Å². The Morgan fingerprint density at radius 2 is 1.53 bits per heavy atom. The summed E-state index contributed by atoms with van der Waals surface area (Å²) >= 11 is 0. The Morgan fingerprint density at radius 1 is 0.933 bits per heavy atom. The summed E-state index contributed by atoms with van der Waals surface area (Å²) in [6, 6.07) is 24.5. The third-order valence-electron chi connectivity index (χ3n) is 4.87. The van der Waals surface area contributed by atoms with Crippen LogP contribution in [0.1, 0.15) is 5.56 Å². The number of nitrogens with zero attached hydrogens (tertiary/aromatic N) is 2. The smallest absolute Gasteiger partial charge is 0.269 e. The predicted octanol–water partition coefficient (Wildman–Crippen LogP) is 4.28. The Kier molecular flexibility index (Phi) is 6.82. The summed E-state index contributed by atoms with van der Waals surface area (Å²) in [4.78, 5) is 10.4. The molecule has 6 nitrogen and oxygen atoms in total. The lowest BCUT2D eigenvalue weighted by molar-refractivity contribution is -0.906. The molecule has 0 heterocycles. The van der Waals surface area contributed by atoms with Gasteiger partial charge < -0.3 is 14.3 Å². The fourth-order valence-corrected chi connectivity index (χ4v) is 3.47. The highest BCUT2D eigenvalue weighted by Crippen LogP contribution is 2.22. The van der Waals surface area contributed by atoms with Crippen LogP contribution in [0.3, 0.4) is 0 Å². The summed E-state index contributed by atoms with van der Waals surface area (Å²) < 4.78 is 6.30. The van der Waals surface area contributed by atoms with Gasteiger partial charge in [-0.05, 0) is 35.4 Å². The lowest BCUT2D eigenvalue weighted by atomic mass is 10.1. The number of non-ortho nitro benzene ring substituents is 1. The molecule has 6 heteroatoms. The number of aliphatic hydroxyl groups is 1. The van der Waals surface area contributed by atoms with Crippen molar-refractivity contribution in [2.75, 3.05) is 27.2 Å².